The van der Waals surface area contributed by atoms with Gasteiger partial charge in [-0.3, -0.25) is 10.1 Å². The number of nitro groups is 1. The molecule has 0 aliphatic rings. The first kappa shape index (κ1) is 18.3. The molecule has 0 amide bonds. The van der Waals surface area contributed by atoms with E-state index in [1.165, 1.54) is 25.1 Å². The van der Waals surface area contributed by atoms with Gasteiger partial charge in [-0.2, -0.15) is 0 Å². The van der Waals surface area contributed by atoms with Crippen LogP contribution in [0.15, 0.2) is 49.3 Å². The van der Waals surface area contributed by atoms with Gasteiger partial charge in [-0.15, -0.1) is 6.58 Å². The lowest BCUT2D eigenvalue weighted by Gasteiger charge is -2.13. The zero-order chi connectivity index (χ0) is 19.4. The molecule has 7 nitrogen and oxygen atoms in total. The first-order valence-electron chi connectivity index (χ1n) is 8.44. The molecule has 2 aromatic carbocycles. The van der Waals surface area contributed by atoms with Crippen LogP contribution in [0.2, 0.25) is 0 Å². The molecule has 0 aliphatic carbocycles. The molecule has 1 heterocycles. The Bertz CT molecular complexity index is 1000. The third-order valence-electron chi connectivity index (χ3n) is 4.29. The highest BCUT2D eigenvalue weighted by atomic mass is 16.6. The Morgan fingerprint density at radius 1 is 1.30 bits per heavy atom. The van der Waals surface area contributed by atoms with Gasteiger partial charge >= 0.3 is 5.69 Å². The topological polar surface area (TPSA) is 90.2 Å². The molecule has 7 heteroatoms. The molecule has 27 heavy (non-hydrogen) atoms. The number of aromatic nitrogens is 2. The number of hydrogen-bond acceptors (Lipinski definition) is 6. The normalized spacial score (nSPS) is 10.6. The van der Waals surface area contributed by atoms with E-state index >= 15 is 0 Å². The summed E-state index contributed by atoms with van der Waals surface area (Å²) >= 11 is 0. The monoisotopic (exact) mass is 364 g/mol. The fourth-order valence-electron chi connectivity index (χ4n) is 2.97. The number of nitrogens with zero attached hydrogens (tertiary/aromatic N) is 3. The van der Waals surface area contributed by atoms with E-state index in [1.807, 2.05) is 31.2 Å². The summed E-state index contributed by atoms with van der Waals surface area (Å²) in [6.07, 6.45) is 3.51. The number of ether oxygens (including phenoxy) is 1. The lowest BCUT2D eigenvalue weighted by Crippen LogP contribution is -2.05. The van der Waals surface area contributed by atoms with Crippen molar-refractivity contribution in [2.24, 2.45) is 0 Å². The summed E-state index contributed by atoms with van der Waals surface area (Å²) in [5, 5.41) is 15.4. The maximum Gasteiger partial charge on any atom is 0.312 e. The van der Waals surface area contributed by atoms with Crippen molar-refractivity contribution in [2.45, 2.75) is 19.9 Å². The van der Waals surface area contributed by atoms with Crippen molar-refractivity contribution in [1.29, 1.82) is 0 Å². The van der Waals surface area contributed by atoms with Gasteiger partial charge in [0.05, 0.1) is 22.9 Å². The molecule has 0 saturated heterocycles. The Labute approximate surface area is 156 Å². The predicted molar refractivity (Wildman–Crippen MR) is 105 cm³/mol. The van der Waals surface area contributed by atoms with Gasteiger partial charge in [-0.1, -0.05) is 35.9 Å². The van der Waals surface area contributed by atoms with E-state index in [0.29, 0.717) is 35.2 Å². The van der Waals surface area contributed by atoms with Crippen molar-refractivity contribution in [1.82, 2.24) is 9.97 Å². The Morgan fingerprint density at radius 3 is 2.67 bits per heavy atom. The van der Waals surface area contributed by atoms with Gasteiger partial charge in [-0.05, 0) is 18.9 Å². The Kier molecular flexibility index (Phi) is 5.30. The quantitative estimate of drug-likeness (QED) is 0.384. The zero-order valence-corrected chi connectivity index (χ0v) is 15.2. The summed E-state index contributed by atoms with van der Waals surface area (Å²) in [7, 11) is 1.42. The van der Waals surface area contributed by atoms with Gasteiger partial charge in [0.2, 0.25) is 5.75 Å². The van der Waals surface area contributed by atoms with Crippen LogP contribution in [0.3, 0.4) is 0 Å². The van der Waals surface area contributed by atoms with Gasteiger partial charge in [0.1, 0.15) is 12.1 Å². The summed E-state index contributed by atoms with van der Waals surface area (Å²) in [4.78, 5) is 19.7. The highest BCUT2D eigenvalue weighted by Crippen LogP contribution is 2.38. The van der Waals surface area contributed by atoms with Crippen molar-refractivity contribution in [3.63, 3.8) is 0 Å². The lowest BCUT2D eigenvalue weighted by molar-refractivity contribution is -0.385. The van der Waals surface area contributed by atoms with E-state index in [1.54, 1.807) is 6.08 Å². The maximum absolute atomic E-state index is 11.5. The number of hydrogen-bond donors (Lipinski definition) is 1. The van der Waals surface area contributed by atoms with Crippen LogP contribution < -0.4 is 10.1 Å². The Hall–Kier alpha value is -3.48. The van der Waals surface area contributed by atoms with Crippen molar-refractivity contribution >= 4 is 22.4 Å². The van der Waals surface area contributed by atoms with Gasteiger partial charge in [0, 0.05) is 18.2 Å². The molecule has 3 aromatic rings. The molecule has 1 N–H and O–H groups in total. The molecule has 3 rings (SSSR count). The van der Waals surface area contributed by atoms with Crippen LogP contribution in [0.4, 0.5) is 11.5 Å². The summed E-state index contributed by atoms with van der Waals surface area (Å²) in [6.45, 7) is 6.31. The average molecular weight is 364 g/mol. The highest BCUT2D eigenvalue weighted by Gasteiger charge is 2.24. The molecule has 0 aliphatic heterocycles. The molecule has 0 radical (unpaired) electrons. The number of nitro benzene ring substituents is 1. The van der Waals surface area contributed by atoms with Crippen LogP contribution in [0.1, 0.15) is 16.7 Å². The standard InChI is InChI=1S/C20H20N4O3/c1-4-5-15-18-16(10-17(24(25)26)19(15)27-3)20(23-12-22-18)21-11-14-8-6-13(2)7-9-14/h4,6-10,12H,1,5,11H2,2-3H3,(H,21,22,23). The molecule has 1 aromatic heterocycles. The van der Waals surface area contributed by atoms with Crippen molar-refractivity contribution in [3.05, 3.63) is 76.1 Å². The van der Waals surface area contributed by atoms with E-state index < -0.39 is 4.92 Å². The number of anilines is 1. The van der Waals surface area contributed by atoms with Crippen LogP contribution in [0.25, 0.3) is 10.9 Å². The minimum Gasteiger partial charge on any atom is -0.490 e. The van der Waals surface area contributed by atoms with Crippen LogP contribution in [0, 0.1) is 17.0 Å². The summed E-state index contributed by atoms with van der Waals surface area (Å²) in [5.41, 5.74) is 3.39. The second-order valence-corrected chi connectivity index (χ2v) is 6.11. The summed E-state index contributed by atoms with van der Waals surface area (Å²) in [5.74, 6) is 0.743. The van der Waals surface area contributed by atoms with E-state index in [-0.39, 0.29) is 11.4 Å². The number of fused-ring (bicyclic) bond motifs is 1. The number of benzene rings is 2. The van der Waals surface area contributed by atoms with Crippen LogP contribution in [-0.4, -0.2) is 22.0 Å². The predicted octanol–water partition coefficient (Wildman–Crippen LogP) is 4.20. The van der Waals surface area contributed by atoms with Crippen molar-refractivity contribution < 1.29 is 9.66 Å². The largest absolute Gasteiger partial charge is 0.490 e. The molecule has 0 atom stereocenters. The fourth-order valence-corrected chi connectivity index (χ4v) is 2.97. The molecule has 138 valence electrons. The molecule has 0 saturated carbocycles. The number of nitrogens with one attached hydrogen (secondary N) is 1. The van der Waals surface area contributed by atoms with E-state index in [4.69, 9.17) is 4.74 Å². The lowest BCUT2D eigenvalue weighted by atomic mass is 10.0. The third kappa shape index (κ3) is 3.72. The average Bonchev–Trinajstić information content (AvgIpc) is 2.67. The Morgan fingerprint density at radius 2 is 2.04 bits per heavy atom. The molecule has 0 spiro atoms. The smallest absolute Gasteiger partial charge is 0.312 e. The summed E-state index contributed by atoms with van der Waals surface area (Å²) in [6, 6.07) is 9.58. The summed E-state index contributed by atoms with van der Waals surface area (Å²) < 4.78 is 5.31. The first-order chi connectivity index (χ1) is 13.0. The fraction of sp³-hybridized carbons (Fsp3) is 0.200. The van der Waals surface area contributed by atoms with Crippen LogP contribution in [-0.2, 0) is 13.0 Å². The number of allylic oxidation sites excluding steroid dienone is 1. The zero-order valence-electron chi connectivity index (χ0n) is 15.2. The third-order valence-corrected chi connectivity index (χ3v) is 4.29. The SMILES string of the molecule is C=CCc1c(OC)c([N+](=O)[O-])cc2c(NCc3ccc(C)cc3)ncnc12. The molecule has 0 bridgehead atoms. The van der Waals surface area contributed by atoms with Gasteiger partial charge in [0.15, 0.2) is 0 Å². The van der Waals surface area contributed by atoms with Crippen molar-refractivity contribution in [2.75, 3.05) is 12.4 Å². The van der Waals surface area contributed by atoms with Crippen LogP contribution >= 0.6 is 0 Å². The Balaban J connectivity index is 2.09. The number of aryl methyl sites for hydroxylation is 1. The van der Waals surface area contributed by atoms with Gasteiger partial charge in [-0.25, -0.2) is 9.97 Å². The molecular formula is C20H20N4O3. The first-order valence-corrected chi connectivity index (χ1v) is 8.44. The minimum atomic E-state index is -0.457. The van der Waals surface area contributed by atoms with E-state index in [9.17, 15) is 10.1 Å². The van der Waals surface area contributed by atoms with Gasteiger partial charge < -0.3 is 10.1 Å². The van der Waals surface area contributed by atoms with Crippen LogP contribution in [0.5, 0.6) is 5.75 Å². The highest BCUT2D eigenvalue weighted by molar-refractivity contribution is 5.95. The minimum absolute atomic E-state index is 0.116. The second-order valence-electron chi connectivity index (χ2n) is 6.11. The molecular weight excluding hydrogens is 344 g/mol. The van der Waals surface area contributed by atoms with Crippen molar-refractivity contribution in [3.8, 4) is 5.75 Å². The van der Waals surface area contributed by atoms with E-state index in [0.717, 1.165) is 5.56 Å². The molecule has 0 unspecified atom stereocenters. The second kappa shape index (κ2) is 7.82. The number of rotatable bonds is 7. The van der Waals surface area contributed by atoms with Gasteiger partial charge in [0.25, 0.3) is 0 Å². The molecule has 0 fully saturated rings. The number of methoxy groups -OCH3 is 1. The maximum atomic E-state index is 11.5. The van der Waals surface area contributed by atoms with E-state index in [2.05, 4.69) is 21.9 Å².